The molecule has 1 aliphatic rings. The average molecular weight is 445 g/mol. The Labute approximate surface area is 183 Å². The molecule has 0 aliphatic carbocycles. The number of amides is 3. The molecule has 2 aromatic rings. The second kappa shape index (κ2) is 9.49. The molecule has 3 rings (SSSR count). The molecule has 2 aromatic carbocycles. The van der Waals surface area contributed by atoms with Crippen molar-refractivity contribution in [1.82, 2.24) is 14.5 Å². The van der Waals surface area contributed by atoms with Crippen molar-refractivity contribution in [2.75, 3.05) is 31.5 Å². The van der Waals surface area contributed by atoms with E-state index in [2.05, 4.69) is 10.6 Å². The topological polar surface area (TPSA) is 98.8 Å². The van der Waals surface area contributed by atoms with Crippen LogP contribution in [0.1, 0.15) is 18.1 Å². The smallest absolute Gasteiger partial charge is 0.319 e. The summed E-state index contributed by atoms with van der Waals surface area (Å²) in [6.07, 6.45) is 0. The van der Waals surface area contributed by atoms with Crippen molar-refractivity contribution in [1.29, 1.82) is 0 Å². The lowest BCUT2D eigenvalue weighted by Gasteiger charge is -2.35. The average Bonchev–Trinajstić information content (AvgIpc) is 2.75. The Balaban J connectivity index is 1.56. The van der Waals surface area contributed by atoms with Gasteiger partial charge in [0.15, 0.2) is 0 Å². The first-order valence-corrected chi connectivity index (χ1v) is 11.6. The zero-order valence-corrected chi connectivity index (χ0v) is 18.8. The van der Waals surface area contributed by atoms with Crippen molar-refractivity contribution in [3.05, 3.63) is 59.7 Å². The van der Waals surface area contributed by atoms with Gasteiger partial charge in [0.2, 0.25) is 15.9 Å². The highest BCUT2D eigenvalue weighted by molar-refractivity contribution is 7.89. The van der Waals surface area contributed by atoms with Gasteiger partial charge in [-0.15, -0.1) is 0 Å². The van der Waals surface area contributed by atoms with Gasteiger partial charge in [0.25, 0.3) is 0 Å². The summed E-state index contributed by atoms with van der Waals surface area (Å²) >= 11 is 0. The molecule has 31 heavy (non-hydrogen) atoms. The van der Waals surface area contributed by atoms with Crippen molar-refractivity contribution in [3.8, 4) is 0 Å². The van der Waals surface area contributed by atoms with Gasteiger partial charge < -0.3 is 15.5 Å². The minimum absolute atomic E-state index is 0.213. The first-order chi connectivity index (χ1) is 14.7. The van der Waals surface area contributed by atoms with Gasteiger partial charge in [-0.05, 0) is 50.1 Å². The van der Waals surface area contributed by atoms with Crippen LogP contribution in [0.4, 0.5) is 10.5 Å². The van der Waals surface area contributed by atoms with Crippen LogP contribution in [0.25, 0.3) is 0 Å². The van der Waals surface area contributed by atoms with Crippen LogP contribution >= 0.6 is 0 Å². The van der Waals surface area contributed by atoms with Crippen molar-refractivity contribution in [3.63, 3.8) is 0 Å². The van der Waals surface area contributed by atoms with E-state index in [0.717, 1.165) is 5.56 Å². The van der Waals surface area contributed by atoms with E-state index in [1.165, 1.54) is 4.31 Å². The molecule has 1 heterocycles. The van der Waals surface area contributed by atoms with E-state index in [1.807, 2.05) is 19.1 Å². The molecule has 1 atom stereocenters. The summed E-state index contributed by atoms with van der Waals surface area (Å²) in [5.41, 5.74) is 2.21. The maximum atomic E-state index is 13.0. The van der Waals surface area contributed by atoms with Crippen LogP contribution in [0.3, 0.4) is 0 Å². The number of nitrogens with zero attached hydrogens (tertiary/aromatic N) is 2. The molecule has 0 saturated carbocycles. The van der Waals surface area contributed by atoms with Crippen molar-refractivity contribution in [2.45, 2.75) is 31.7 Å². The summed E-state index contributed by atoms with van der Waals surface area (Å²) < 4.78 is 27.5. The van der Waals surface area contributed by atoms with Gasteiger partial charge in [-0.3, -0.25) is 4.79 Å². The predicted octanol–water partition coefficient (Wildman–Crippen LogP) is 2.35. The number of piperazine rings is 1. The number of carbonyl (C=O) groups is 2. The number of sulfonamides is 1. The molecule has 0 radical (unpaired) electrons. The molecule has 8 nitrogen and oxygen atoms in total. The first kappa shape index (κ1) is 22.8. The highest BCUT2D eigenvalue weighted by Gasteiger charge is 2.32. The van der Waals surface area contributed by atoms with Gasteiger partial charge in [0.05, 0.1) is 4.90 Å². The predicted molar refractivity (Wildman–Crippen MR) is 119 cm³/mol. The number of benzene rings is 2. The molecule has 166 valence electrons. The third-order valence-electron chi connectivity index (χ3n) is 5.26. The van der Waals surface area contributed by atoms with Gasteiger partial charge in [0, 0.05) is 31.9 Å². The van der Waals surface area contributed by atoms with Crippen molar-refractivity contribution >= 4 is 27.6 Å². The number of para-hydroxylation sites is 1. The Morgan fingerprint density at radius 1 is 0.968 bits per heavy atom. The van der Waals surface area contributed by atoms with E-state index in [9.17, 15) is 18.0 Å². The van der Waals surface area contributed by atoms with Gasteiger partial charge in [-0.25, -0.2) is 13.2 Å². The maximum Gasteiger partial charge on any atom is 0.319 e. The number of anilines is 1. The molecule has 0 aromatic heterocycles. The van der Waals surface area contributed by atoms with E-state index in [0.29, 0.717) is 16.1 Å². The number of rotatable bonds is 5. The van der Waals surface area contributed by atoms with Gasteiger partial charge in [-0.1, -0.05) is 30.3 Å². The fourth-order valence-electron chi connectivity index (χ4n) is 3.49. The van der Waals surface area contributed by atoms with Crippen LogP contribution in [0.2, 0.25) is 0 Å². The lowest BCUT2D eigenvalue weighted by atomic mass is 10.2. The van der Waals surface area contributed by atoms with Gasteiger partial charge in [0.1, 0.15) is 6.04 Å². The minimum atomic E-state index is -3.62. The quantitative estimate of drug-likeness (QED) is 0.740. The second-order valence-electron chi connectivity index (χ2n) is 7.68. The van der Waals surface area contributed by atoms with Crippen LogP contribution in [-0.2, 0) is 14.8 Å². The fraction of sp³-hybridized carbons (Fsp3) is 0.364. The second-order valence-corrected chi connectivity index (χ2v) is 9.59. The van der Waals surface area contributed by atoms with E-state index in [1.54, 1.807) is 55.1 Å². The molecule has 0 bridgehead atoms. The monoisotopic (exact) mass is 444 g/mol. The molecule has 1 saturated heterocycles. The molecular formula is C22H28N4O4S. The number of urea groups is 1. The summed E-state index contributed by atoms with van der Waals surface area (Å²) in [4.78, 5) is 26.7. The van der Waals surface area contributed by atoms with Crippen LogP contribution in [0.15, 0.2) is 53.4 Å². The fourth-order valence-corrected chi connectivity index (χ4v) is 5.23. The normalized spacial score (nSPS) is 15.9. The minimum Gasteiger partial charge on any atom is -0.338 e. The Morgan fingerprint density at radius 2 is 1.61 bits per heavy atom. The third-order valence-corrected chi connectivity index (χ3v) is 7.30. The summed E-state index contributed by atoms with van der Waals surface area (Å²) in [6, 6.07) is 13.1. The van der Waals surface area contributed by atoms with E-state index in [4.69, 9.17) is 0 Å². The van der Waals surface area contributed by atoms with Crippen LogP contribution in [0.5, 0.6) is 0 Å². The number of nitrogens with one attached hydrogen (secondary N) is 2. The zero-order chi connectivity index (χ0) is 22.6. The van der Waals surface area contributed by atoms with Gasteiger partial charge in [-0.2, -0.15) is 4.31 Å². The first-order valence-electron chi connectivity index (χ1n) is 10.2. The largest absolute Gasteiger partial charge is 0.338 e. The summed E-state index contributed by atoms with van der Waals surface area (Å²) in [5.74, 6) is -0.244. The maximum absolute atomic E-state index is 13.0. The molecular weight excluding hydrogens is 416 g/mol. The number of aryl methyl sites for hydroxylation is 2. The molecule has 9 heteroatoms. The van der Waals surface area contributed by atoms with Crippen LogP contribution in [0, 0.1) is 13.8 Å². The summed E-state index contributed by atoms with van der Waals surface area (Å²) in [5, 5.41) is 5.31. The lowest BCUT2D eigenvalue weighted by Crippen LogP contribution is -2.55. The van der Waals surface area contributed by atoms with E-state index in [-0.39, 0.29) is 32.1 Å². The molecule has 1 fully saturated rings. The Morgan fingerprint density at radius 3 is 2.26 bits per heavy atom. The molecule has 1 aliphatic heterocycles. The lowest BCUT2D eigenvalue weighted by molar-refractivity contribution is -0.133. The van der Waals surface area contributed by atoms with Crippen molar-refractivity contribution < 1.29 is 18.0 Å². The highest BCUT2D eigenvalue weighted by atomic mass is 32.2. The Hall–Kier alpha value is -2.91. The molecule has 3 amide bonds. The summed E-state index contributed by atoms with van der Waals surface area (Å²) in [7, 11) is -3.62. The Bertz CT molecular complexity index is 1050. The Kier molecular flexibility index (Phi) is 6.97. The van der Waals surface area contributed by atoms with Crippen LogP contribution in [-0.4, -0.2) is 61.8 Å². The zero-order valence-electron chi connectivity index (χ0n) is 18.0. The summed E-state index contributed by atoms with van der Waals surface area (Å²) in [6.45, 7) is 6.22. The van der Waals surface area contributed by atoms with E-state index >= 15 is 0 Å². The van der Waals surface area contributed by atoms with Crippen LogP contribution < -0.4 is 10.6 Å². The SMILES string of the molecule is Cc1ccc(C)c(S(=O)(=O)N2CCN(C(=O)C(C)NC(=O)Nc3ccccc3)CC2)c1. The molecule has 2 N–H and O–H groups in total. The number of hydrogen-bond donors (Lipinski definition) is 2. The standard InChI is InChI=1S/C22H28N4O4S/c1-16-9-10-17(2)20(15-16)31(29,30)26-13-11-25(12-14-26)21(27)18(3)23-22(28)24-19-7-5-4-6-8-19/h4-10,15,18H,11-14H2,1-3H3,(H2,23,24,28). The molecule has 0 spiro atoms. The van der Waals surface area contributed by atoms with E-state index < -0.39 is 22.1 Å². The third kappa shape index (κ3) is 5.42. The van der Waals surface area contributed by atoms with Gasteiger partial charge >= 0.3 is 6.03 Å². The highest BCUT2D eigenvalue weighted by Crippen LogP contribution is 2.22. The van der Waals surface area contributed by atoms with Crippen molar-refractivity contribution in [2.24, 2.45) is 0 Å². The number of carbonyl (C=O) groups excluding carboxylic acids is 2. The number of hydrogen-bond acceptors (Lipinski definition) is 4. The molecule has 1 unspecified atom stereocenters.